The van der Waals surface area contributed by atoms with Gasteiger partial charge < -0.3 is 5.73 Å². The van der Waals surface area contributed by atoms with Crippen molar-refractivity contribution in [3.8, 4) is 0 Å². The van der Waals surface area contributed by atoms with Crippen LogP contribution in [0, 0.1) is 13.8 Å². The molecule has 0 aliphatic carbocycles. The second-order valence-electron chi connectivity index (χ2n) is 2.99. The predicted octanol–water partition coefficient (Wildman–Crippen LogP) is 0.985. The summed E-state index contributed by atoms with van der Waals surface area (Å²) in [6, 6.07) is 2.08. The van der Waals surface area contributed by atoms with Crippen molar-refractivity contribution < 1.29 is 0 Å². The second-order valence-corrected chi connectivity index (χ2v) is 2.99. The molecule has 1 aromatic rings. The molecule has 0 aromatic carbocycles. The predicted molar refractivity (Wildman–Crippen MR) is 48.9 cm³/mol. The molecule has 0 saturated heterocycles. The molecule has 0 atom stereocenters. The molecule has 1 aromatic heterocycles. The summed E-state index contributed by atoms with van der Waals surface area (Å²) >= 11 is 0. The molecule has 66 valence electrons. The van der Waals surface area contributed by atoms with E-state index in [1.54, 1.807) is 0 Å². The van der Waals surface area contributed by atoms with E-state index in [1.807, 2.05) is 13.8 Å². The molecule has 1 rings (SSSR count). The van der Waals surface area contributed by atoms with Gasteiger partial charge in [-0.05, 0) is 44.9 Å². The molecule has 2 N–H and O–H groups in total. The Labute approximate surface area is 73.0 Å². The van der Waals surface area contributed by atoms with Gasteiger partial charge in [-0.3, -0.25) is 0 Å². The molecule has 0 amide bonds. The largest absolute Gasteiger partial charge is 0.330 e. The van der Waals surface area contributed by atoms with Crippen LogP contribution in [0.4, 0.5) is 0 Å². The first-order chi connectivity index (χ1) is 5.74. The quantitative estimate of drug-likeness (QED) is 0.726. The lowest BCUT2D eigenvalue weighted by Crippen LogP contribution is -2.03. The number of nitrogens with two attached hydrogens (primary N) is 1. The Morgan fingerprint density at radius 2 is 2.08 bits per heavy atom. The summed E-state index contributed by atoms with van der Waals surface area (Å²) in [5, 5.41) is 8.01. The molecule has 3 nitrogen and oxygen atoms in total. The van der Waals surface area contributed by atoms with Crippen molar-refractivity contribution in [1.82, 2.24) is 10.2 Å². The third-order valence-electron chi connectivity index (χ3n) is 1.86. The molecule has 0 fully saturated rings. The van der Waals surface area contributed by atoms with Crippen LogP contribution in [-0.4, -0.2) is 16.7 Å². The van der Waals surface area contributed by atoms with E-state index in [-0.39, 0.29) is 0 Å². The fraction of sp³-hybridized carbons (Fsp3) is 0.556. The molecule has 0 saturated carbocycles. The molecule has 1 heterocycles. The van der Waals surface area contributed by atoms with Crippen LogP contribution >= 0.6 is 0 Å². The summed E-state index contributed by atoms with van der Waals surface area (Å²) in [5.74, 6) is 0. The van der Waals surface area contributed by atoms with E-state index in [0.29, 0.717) is 0 Å². The topological polar surface area (TPSA) is 51.8 Å². The lowest BCUT2D eigenvalue weighted by molar-refractivity contribution is 0.803. The lowest BCUT2D eigenvalue weighted by atomic mass is 10.1. The Balaban J connectivity index is 2.75. The van der Waals surface area contributed by atoms with Gasteiger partial charge in [0.15, 0.2) is 0 Å². The third kappa shape index (κ3) is 2.27. The summed E-state index contributed by atoms with van der Waals surface area (Å²) in [6.07, 6.45) is 2.03. The van der Waals surface area contributed by atoms with Crippen molar-refractivity contribution in [3.05, 3.63) is 23.0 Å². The number of nitrogens with zero attached hydrogens (tertiary/aromatic N) is 2. The SMILES string of the molecule is Cc1cc(CCCN)c(C)nn1. The zero-order valence-electron chi connectivity index (χ0n) is 7.67. The van der Waals surface area contributed by atoms with Gasteiger partial charge in [-0.1, -0.05) is 0 Å². The van der Waals surface area contributed by atoms with Crippen LogP contribution in [0.15, 0.2) is 6.07 Å². The van der Waals surface area contributed by atoms with Crippen molar-refractivity contribution in [2.75, 3.05) is 6.54 Å². The number of aryl methyl sites for hydroxylation is 3. The maximum atomic E-state index is 5.43. The first kappa shape index (κ1) is 9.13. The van der Waals surface area contributed by atoms with Gasteiger partial charge in [-0.15, -0.1) is 0 Å². The minimum atomic E-state index is 0.737. The number of hydrogen-bond acceptors (Lipinski definition) is 3. The van der Waals surface area contributed by atoms with Crippen molar-refractivity contribution in [3.63, 3.8) is 0 Å². The van der Waals surface area contributed by atoms with E-state index in [1.165, 1.54) is 5.56 Å². The van der Waals surface area contributed by atoms with Gasteiger partial charge >= 0.3 is 0 Å². The van der Waals surface area contributed by atoms with Crippen molar-refractivity contribution in [2.45, 2.75) is 26.7 Å². The highest BCUT2D eigenvalue weighted by molar-refractivity contribution is 5.19. The Morgan fingerprint density at radius 3 is 2.75 bits per heavy atom. The van der Waals surface area contributed by atoms with Crippen LogP contribution in [0.25, 0.3) is 0 Å². The van der Waals surface area contributed by atoms with Crippen LogP contribution in [0.5, 0.6) is 0 Å². The van der Waals surface area contributed by atoms with E-state index in [9.17, 15) is 0 Å². The minimum absolute atomic E-state index is 0.737. The summed E-state index contributed by atoms with van der Waals surface area (Å²) in [4.78, 5) is 0. The monoisotopic (exact) mass is 165 g/mol. The molecule has 0 radical (unpaired) electrons. The zero-order chi connectivity index (χ0) is 8.97. The van der Waals surface area contributed by atoms with Crippen molar-refractivity contribution in [1.29, 1.82) is 0 Å². The Kier molecular flexibility index (Phi) is 3.17. The highest BCUT2D eigenvalue weighted by Gasteiger charge is 1.99. The summed E-state index contributed by atoms with van der Waals surface area (Å²) in [5.41, 5.74) is 8.70. The maximum Gasteiger partial charge on any atom is 0.0632 e. The molecule has 3 heteroatoms. The first-order valence-electron chi connectivity index (χ1n) is 4.24. The lowest BCUT2D eigenvalue weighted by Gasteiger charge is -2.03. The van der Waals surface area contributed by atoms with E-state index < -0.39 is 0 Å². The molecule has 0 spiro atoms. The Hall–Kier alpha value is -0.960. The summed E-state index contributed by atoms with van der Waals surface area (Å²) < 4.78 is 0. The average Bonchev–Trinajstić information content (AvgIpc) is 2.07. The van der Waals surface area contributed by atoms with Crippen molar-refractivity contribution in [2.24, 2.45) is 5.73 Å². The van der Waals surface area contributed by atoms with Gasteiger partial charge in [-0.2, -0.15) is 10.2 Å². The first-order valence-corrected chi connectivity index (χ1v) is 4.24. The smallest absolute Gasteiger partial charge is 0.0632 e. The number of hydrogen-bond donors (Lipinski definition) is 1. The van der Waals surface area contributed by atoms with Crippen LogP contribution in [0.2, 0.25) is 0 Å². The molecule has 0 aliphatic heterocycles. The van der Waals surface area contributed by atoms with Crippen molar-refractivity contribution >= 4 is 0 Å². The number of rotatable bonds is 3. The van der Waals surface area contributed by atoms with Crippen LogP contribution < -0.4 is 5.73 Å². The maximum absolute atomic E-state index is 5.43. The molecular weight excluding hydrogens is 150 g/mol. The highest BCUT2D eigenvalue weighted by atomic mass is 15.1. The fourth-order valence-electron chi connectivity index (χ4n) is 1.15. The van der Waals surface area contributed by atoms with Gasteiger partial charge in [-0.25, -0.2) is 0 Å². The highest BCUT2D eigenvalue weighted by Crippen LogP contribution is 2.07. The van der Waals surface area contributed by atoms with E-state index in [2.05, 4.69) is 16.3 Å². The van der Waals surface area contributed by atoms with Crippen LogP contribution in [0.1, 0.15) is 23.4 Å². The van der Waals surface area contributed by atoms with Crippen LogP contribution in [-0.2, 0) is 6.42 Å². The molecular formula is C9H15N3. The van der Waals surface area contributed by atoms with Crippen LogP contribution in [0.3, 0.4) is 0 Å². The van der Waals surface area contributed by atoms with Gasteiger partial charge in [0, 0.05) is 0 Å². The van der Waals surface area contributed by atoms with E-state index in [4.69, 9.17) is 5.73 Å². The molecule has 0 bridgehead atoms. The summed E-state index contributed by atoms with van der Waals surface area (Å²) in [6.45, 7) is 4.68. The minimum Gasteiger partial charge on any atom is -0.330 e. The Bertz CT molecular complexity index is 258. The Morgan fingerprint density at radius 1 is 1.33 bits per heavy atom. The number of aromatic nitrogens is 2. The fourth-order valence-corrected chi connectivity index (χ4v) is 1.15. The molecule has 12 heavy (non-hydrogen) atoms. The average molecular weight is 165 g/mol. The van der Waals surface area contributed by atoms with Gasteiger partial charge in [0.25, 0.3) is 0 Å². The standard InChI is InChI=1S/C9H15N3/c1-7-6-9(4-3-5-10)8(2)12-11-7/h6H,3-5,10H2,1-2H3. The third-order valence-corrected chi connectivity index (χ3v) is 1.86. The summed E-state index contributed by atoms with van der Waals surface area (Å²) in [7, 11) is 0. The molecule has 0 unspecified atom stereocenters. The zero-order valence-corrected chi connectivity index (χ0v) is 7.67. The second kappa shape index (κ2) is 4.16. The van der Waals surface area contributed by atoms with Gasteiger partial charge in [0.1, 0.15) is 0 Å². The van der Waals surface area contributed by atoms with Gasteiger partial charge in [0.2, 0.25) is 0 Å². The normalized spacial score (nSPS) is 10.2. The van der Waals surface area contributed by atoms with E-state index >= 15 is 0 Å². The van der Waals surface area contributed by atoms with E-state index in [0.717, 1.165) is 30.8 Å². The van der Waals surface area contributed by atoms with Gasteiger partial charge in [0.05, 0.1) is 11.4 Å². The molecule has 0 aliphatic rings.